The second-order valence-electron chi connectivity index (χ2n) is 5.77. The molecule has 2 N–H and O–H groups in total. The summed E-state index contributed by atoms with van der Waals surface area (Å²) in [5.74, 6) is 1.39. The predicted molar refractivity (Wildman–Crippen MR) is 93.9 cm³/mol. The topological polar surface area (TPSA) is 54.2 Å². The summed E-state index contributed by atoms with van der Waals surface area (Å²) in [6.45, 7) is 1.78. The Balaban J connectivity index is 1.40. The van der Waals surface area contributed by atoms with Crippen molar-refractivity contribution in [2.24, 2.45) is 4.99 Å². The van der Waals surface area contributed by atoms with Crippen molar-refractivity contribution in [2.75, 3.05) is 13.6 Å². The zero-order valence-corrected chi connectivity index (χ0v) is 14.0. The number of aryl methyl sites for hydroxylation is 1. The lowest BCUT2D eigenvalue weighted by Gasteiger charge is -2.12. The number of nitrogens with one attached hydrogen (secondary N) is 2. The van der Waals surface area contributed by atoms with Crippen LogP contribution in [0.4, 0.5) is 0 Å². The van der Waals surface area contributed by atoms with Gasteiger partial charge in [0.1, 0.15) is 0 Å². The van der Waals surface area contributed by atoms with E-state index in [1.165, 1.54) is 5.56 Å². The van der Waals surface area contributed by atoms with Gasteiger partial charge < -0.3 is 10.6 Å². The van der Waals surface area contributed by atoms with Gasteiger partial charge in [-0.05, 0) is 36.6 Å². The van der Waals surface area contributed by atoms with Crippen molar-refractivity contribution >= 4 is 17.6 Å². The van der Waals surface area contributed by atoms with Gasteiger partial charge in [-0.3, -0.25) is 9.67 Å². The first-order valence-electron chi connectivity index (χ1n) is 7.96. The third kappa shape index (κ3) is 4.48. The summed E-state index contributed by atoms with van der Waals surface area (Å²) in [4.78, 5) is 4.29. The zero-order chi connectivity index (χ0) is 16.1. The molecule has 0 bridgehead atoms. The minimum absolute atomic E-state index is 0.436. The Morgan fingerprint density at radius 1 is 1.43 bits per heavy atom. The highest BCUT2D eigenvalue weighted by Crippen LogP contribution is 2.41. The molecule has 6 heteroatoms. The highest BCUT2D eigenvalue weighted by atomic mass is 35.5. The summed E-state index contributed by atoms with van der Waals surface area (Å²) in [5, 5.41) is 11.8. The molecule has 0 spiro atoms. The number of aromatic nitrogens is 2. The van der Waals surface area contributed by atoms with Gasteiger partial charge in [-0.2, -0.15) is 5.10 Å². The molecule has 5 nitrogen and oxygen atoms in total. The molecule has 1 aromatic heterocycles. The van der Waals surface area contributed by atoms with Crippen molar-refractivity contribution in [3.05, 3.63) is 53.3 Å². The van der Waals surface area contributed by atoms with Crippen LogP contribution in [0.5, 0.6) is 0 Å². The molecule has 0 aliphatic heterocycles. The zero-order valence-electron chi connectivity index (χ0n) is 13.2. The first-order chi connectivity index (χ1) is 11.3. The van der Waals surface area contributed by atoms with Crippen LogP contribution in [0.25, 0.3) is 0 Å². The van der Waals surface area contributed by atoms with E-state index >= 15 is 0 Å². The fraction of sp³-hybridized carbons (Fsp3) is 0.412. The molecule has 1 heterocycles. The summed E-state index contributed by atoms with van der Waals surface area (Å²) in [6.07, 6.45) is 5.91. The Kier molecular flexibility index (Phi) is 5.18. The smallest absolute Gasteiger partial charge is 0.191 e. The molecule has 122 valence electrons. The minimum atomic E-state index is 0.436. The lowest BCUT2D eigenvalue weighted by atomic mass is 10.1. The van der Waals surface area contributed by atoms with Crippen molar-refractivity contribution in [3.63, 3.8) is 0 Å². The van der Waals surface area contributed by atoms with E-state index in [2.05, 4.69) is 26.8 Å². The largest absolute Gasteiger partial charge is 0.356 e. The van der Waals surface area contributed by atoms with Crippen molar-refractivity contribution in [3.8, 4) is 0 Å². The maximum Gasteiger partial charge on any atom is 0.191 e. The van der Waals surface area contributed by atoms with Gasteiger partial charge in [0.25, 0.3) is 0 Å². The third-order valence-electron chi connectivity index (χ3n) is 4.03. The average Bonchev–Trinajstić information content (AvgIpc) is 3.13. The van der Waals surface area contributed by atoms with E-state index in [4.69, 9.17) is 11.6 Å². The molecular formula is C17H22ClN5. The Morgan fingerprint density at radius 3 is 3.09 bits per heavy atom. The van der Waals surface area contributed by atoms with E-state index in [1.54, 1.807) is 13.2 Å². The second kappa shape index (κ2) is 7.51. The van der Waals surface area contributed by atoms with E-state index in [1.807, 2.05) is 35.1 Å². The summed E-state index contributed by atoms with van der Waals surface area (Å²) in [5.41, 5.74) is 1.30. The molecule has 3 rings (SSSR count). The van der Waals surface area contributed by atoms with Crippen LogP contribution in [-0.4, -0.2) is 35.4 Å². The van der Waals surface area contributed by atoms with Crippen LogP contribution < -0.4 is 10.6 Å². The van der Waals surface area contributed by atoms with Crippen LogP contribution in [0.1, 0.15) is 24.3 Å². The molecule has 2 aromatic rings. The number of aliphatic imine (C=N–C) groups is 1. The van der Waals surface area contributed by atoms with Crippen molar-refractivity contribution < 1.29 is 0 Å². The Morgan fingerprint density at radius 2 is 2.35 bits per heavy atom. The van der Waals surface area contributed by atoms with Crippen molar-refractivity contribution in [2.45, 2.75) is 31.3 Å². The fourth-order valence-electron chi connectivity index (χ4n) is 2.71. The number of rotatable bonds is 6. The summed E-state index contributed by atoms with van der Waals surface area (Å²) < 4.78 is 1.94. The lowest BCUT2D eigenvalue weighted by Crippen LogP contribution is -2.39. The fourth-order valence-corrected chi connectivity index (χ4v) is 2.91. The number of benzene rings is 1. The normalized spacial score (nSPS) is 20.3. The standard InChI is InChI=1S/C17H22ClN5/c1-19-17(20-7-3-9-23-10-4-8-21-23)22-16-12-15(16)13-5-2-6-14(18)11-13/h2,4-6,8,10-11,15-16H,3,7,9,12H2,1H3,(H2,19,20,22). The Hall–Kier alpha value is -2.01. The molecule has 0 amide bonds. The number of guanidine groups is 1. The molecule has 1 aliphatic carbocycles. The maximum atomic E-state index is 6.06. The molecule has 0 saturated heterocycles. The van der Waals surface area contributed by atoms with Crippen molar-refractivity contribution in [1.29, 1.82) is 0 Å². The average molecular weight is 332 g/mol. The van der Waals surface area contributed by atoms with E-state index in [9.17, 15) is 0 Å². The highest BCUT2D eigenvalue weighted by Gasteiger charge is 2.39. The van der Waals surface area contributed by atoms with Gasteiger partial charge >= 0.3 is 0 Å². The summed E-state index contributed by atoms with van der Waals surface area (Å²) in [6, 6.07) is 10.5. The maximum absolute atomic E-state index is 6.06. The molecule has 1 saturated carbocycles. The predicted octanol–water partition coefficient (Wildman–Crippen LogP) is 2.65. The third-order valence-corrected chi connectivity index (χ3v) is 4.26. The van der Waals surface area contributed by atoms with E-state index in [-0.39, 0.29) is 0 Å². The van der Waals surface area contributed by atoms with Crippen LogP contribution in [-0.2, 0) is 6.54 Å². The SMILES string of the molecule is CN=C(NCCCn1cccn1)NC1CC1c1cccc(Cl)c1. The number of halogens is 1. The highest BCUT2D eigenvalue weighted by molar-refractivity contribution is 6.30. The molecular weight excluding hydrogens is 310 g/mol. The molecule has 1 fully saturated rings. The summed E-state index contributed by atoms with van der Waals surface area (Å²) in [7, 11) is 1.81. The van der Waals surface area contributed by atoms with Crippen LogP contribution in [0.2, 0.25) is 5.02 Å². The number of hydrogen-bond donors (Lipinski definition) is 2. The second-order valence-corrected chi connectivity index (χ2v) is 6.21. The monoisotopic (exact) mass is 331 g/mol. The molecule has 1 aromatic carbocycles. The molecule has 23 heavy (non-hydrogen) atoms. The summed E-state index contributed by atoms with van der Waals surface area (Å²) >= 11 is 6.06. The number of nitrogens with zero attached hydrogens (tertiary/aromatic N) is 3. The van der Waals surface area contributed by atoms with Crippen LogP contribution >= 0.6 is 11.6 Å². The van der Waals surface area contributed by atoms with Gasteiger partial charge in [-0.1, -0.05) is 23.7 Å². The molecule has 2 unspecified atom stereocenters. The van der Waals surface area contributed by atoms with Gasteiger partial charge in [0.15, 0.2) is 5.96 Å². The molecule has 2 atom stereocenters. The van der Waals surface area contributed by atoms with E-state index < -0.39 is 0 Å². The quantitative estimate of drug-likeness (QED) is 0.486. The molecule has 1 aliphatic rings. The van der Waals surface area contributed by atoms with Gasteiger partial charge in [-0.15, -0.1) is 0 Å². The van der Waals surface area contributed by atoms with E-state index in [0.29, 0.717) is 12.0 Å². The first kappa shape index (κ1) is 15.9. The van der Waals surface area contributed by atoms with Gasteiger partial charge in [-0.25, -0.2) is 0 Å². The Bertz CT molecular complexity index is 653. The van der Waals surface area contributed by atoms with Crippen LogP contribution in [0.3, 0.4) is 0 Å². The van der Waals surface area contributed by atoms with Crippen molar-refractivity contribution in [1.82, 2.24) is 20.4 Å². The lowest BCUT2D eigenvalue weighted by molar-refractivity contribution is 0.570. The Labute approximate surface area is 141 Å². The van der Waals surface area contributed by atoms with Gasteiger partial charge in [0.2, 0.25) is 0 Å². The first-order valence-corrected chi connectivity index (χ1v) is 8.34. The molecule has 0 radical (unpaired) electrons. The van der Waals surface area contributed by atoms with Gasteiger partial charge in [0, 0.05) is 49.5 Å². The van der Waals surface area contributed by atoms with E-state index in [0.717, 1.165) is 36.9 Å². The number of hydrogen-bond acceptors (Lipinski definition) is 2. The van der Waals surface area contributed by atoms with Crippen LogP contribution in [0, 0.1) is 0 Å². The van der Waals surface area contributed by atoms with Gasteiger partial charge in [0.05, 0.1) is 0 Å². The minimum Gasteiger partial charge on any atom is -0.356 e. The van der Waals surface area contributed by atoms with Crippen LogP contribution in [0.15, 0.2) is 47.7 Å².